The first-order valence-corrected chi connectivity index (χ1v) is 7.62. The van der Waals surface area contributed by atoms with Crippen molar-refractivity contribution < 1.29 is 4.79 Å². The van der Waals surface area contributed by atoms with Crippen LogP contribution in [0.1, 0.15) is 20.3 Å². The highest BCUT2D eigenvalue weighted by molar-refractivity contribution is 5.76. The molecule has 1 aliphatic rings. The van der Waals surface area contributed by atoms with E-state index in [4.69, 9.17) is 0 Å². The molecular formula is C15H21N5O2. The molecule has 7 nitrogen and oxygen atoms in total. The van der Waals surface area contributed by atoms with Gasteiger partial charge < -0.3 is 10.2 Å². The van der Waals surface area contributed by atoms with Crippen molar-refractivity contribution >= 4 is 11.6 Å². The minimum Gasteiger partial charge on any atom is -0.340 e. The maximum Gasteiger partial charge on any atom is 0.350 e. The number of carbonyl (C=O) groups excluding carboxylic acids is 1. The van der Waals surface area contributed by atoms with Crippen molar-refractivity contribution in [3.05, 3.63) is 34.9 Å². The Hall–Kier alpha value is -2.15. The summed E-state index contributed by atoms with van der Waals surface area (Å²) in [4.78, 5) is 26.4. The fourth-order valence-corrected chi connectivity index (χ4v) is 3.00. The molecule has 118 valence electrons. The molecule has 0 spiro atoms. The van der Waals surface area contributed by atoms with Gasteiger partial charge in [0.15, 0.2) is 5.65 Å². The molecule has 7 heteroatoms. The van der Waals surface area contributed by atoms with Crippen molar-refractivity contribution in [3.8, 4) is 0 Å². The lowest BCUT2D eigenvalue weighted by Crippen LogP contribution is -2.56. The van der Waals surface area contributed by atoms with Crippen LogP contribution in [0.25, 0.3) is 5.65 Å². The Morgan fingerprint density at radius 3 is 2.73 bits per heavy atom. The molecule has 0 bridgehead atoms. The summed E-state index contributed by atoms with van der Waals surface area (Å²) in [6, 6.07) is 5.99. The maximum atomic E-state index is 12.3. The van der Waals surface area contributed by atoms with E-state index in [-0.39, 0.29) is 11.6 Å². The first-order chi connectivity index (χ1) is 10.5. The molecule has 1 amide bonds. The van der Waals surface area contributed by atoms with E-state index in [1.165, 1.54) is 9.08 Å². The Morgan fingerprint density at radius 2 is 2.05 bits per heavy atom. The van der Waals surface area contributed by atoms with Crippen LogP contribution in [0, 0.1) is 0 Å². The van der Waals surface area contributed by atoms with E-state index in [9.17, 15) is 9.59 Å². The summed E-state index contributed by atoms with van der Waals surface area (Å²) in [5, 5.41) is 7.64. The third-order valence-electron chi connectivity index (χ3n) is 3.94. The lowest BCUT2D eigenvalue weighted by Gasteiger charge is -2.36. The second kappa shape index (κ2) is 5.92. The van der Waals surface area contributed by atoms with Crippen molar-refractivity contribution in [1.82, 2.24) is 24.4 Å². The fourth-order valence-electron chi connectivity index (χ4n) is 3.00. The number of carbonyl (C=O) groups is 1. The Labute approximate surface area is 128 Å². The lowest BCUT2D eigenvalue weighted by molar-refractivity contribution is -0.133. The van der Waals surface area contributed by atoms with Gasteiger partial charge in [-0.05, 0) is 26.0 Å². The molecule has 2 atom stereocenters. The highest BCUT2D eigenvalue weighted by atomic mass is 16.2. The van der Waals surface area contributed by atoms with Gasteiger partial charge in [-0.2, -0.15) is 0 Å². The summed E-state index contributed by atoms with van der Waals surface area (Å²) >= 11 is 0. The molecule has 1 fully saturated rings. The molecule has 0 aliphatic carbocycles. The second-order valence-electron chi connectivity index (χ2n) is 5.95. The number of rotatable bonds is 3. The normalized spacial score (nSPS) is 22.2. The zero-order valence-electron chi connectivity index (χ0n) is 12.9. The molecule has 0 saturated carbocycles. The largest absolute Gasteiger partial charge is 0.350 e. The second-order valence-corrected chi connectivity index (χ2v) is 5.95. The van der Waals surface area contributed by atoms with Crippen molar-refractivity contribution in [3.63, 3.8) is 0 Å². The van der Waals surface area contributed by atoms with Crippen molar-refractivity contribution in [1.29, 1.82) is 0 Å². The number of pyridine rings is 1. The molecule has 3 heterocycles. The van der Waals surface area contributed by atoms with E-state index in [1.54, 1.807) is 18.3 Å². The minimum atomic E-state index is -0.203. The molecule has 0 radical (unpaired) electrons. The van der Waals surface area contributed by atoms with Crippen LogP contribution in [0.4, 0.5) is 0 Å². The topological polar surface area (TPSA) is 71.6 Å². The van der Waals surface area contributed by atoms with Gasteiger partial charge in [-0.15, -0.1) is 5.10 Å². The molecule has 22 heavy (non-hydrogen) atoms. The summed E-state index contributed by atoms with van der Waals surface area (Å²) in [7, 11) is 0. The monoisotopic (exact) mass is 303 g/mol. The number of aromatic nitrogens is 3. The average molecular weight is 303 g/mol. The van der Waals surface area contributed by atoms with Crippen molar-refractivity contribution in [2.45, 2.75) is 38.9 Å². The quantitative estimate of drug-likeness (QED) is 0.872. The van der Waals surface area contributed by atoms with E-state index >= 15 is 0 Å². The Balaban J connectivity index is 1.67. The predicted octanol–water partition coefficient (Wildman–Crippen LogP) is 0.0949. The number of fused-ring (bicyclic) bond motifs is 1. The minimum absolute atomic E-state index is 0.0733. The predicted molar refractivity (Wildman–Crippen MR) is 82.7 cm³/mol. The number of nitrogens with zero attached hydrogens (tertiary/aromatic N) is 4. The van der Waals surface area contributed by atoms with E-state index in [0.29, 0.717) is 43.8 Å². The van der Waals surface area contributed by atoms with Crippen LogP contribution in [0.2, 0.25) is 0 Å². The summed E-state index contributed by atoms with van der Waals surface area (Å²) in [6.45, 7) is 5.88. The number of aryl methyl sites for hydroxylation is 1. The van der Waals surface area contributed by atoms with E-state index in [2.05, 4.69) is 24.3 Å². The van der Waals surface area contributed by atoms with Gasteiger partial charge in [-0.25, -0.2) is 9.48 Å². The van der Waals surface area contributed by atoms with Gasteiger partial charge in [0, 0.05) is 37.8 Å². The van der Waals surface area contributed by atoms with Crippen LogP contribution in [0.5, 0.6) is 0 Å². The van der Waals surface area contributed by atoms with Gasteiger partial charge in [0.1, 0.15) is 0 Å². The van der Waals surface area contributed by atoms with E-state index in [1.807, 2.05) is 11.0 Å². The first-order valence-electron chi connectivity index (χ1n) is 7.62. The Morgan fingerprint density at radius 1 is 1.32 bits per heavy atom. The molecule has 1 N–H and O–H groups in total. The molecular weight excluding hydrogens is 282 g/mol. The maximum absolute atomic E-state index is 12.3. The number of hydrogen-bond acceptors (Lipinski definition) is 4. The highest BCUT2D eigenvalue weighted by Crippen LogP contribution is 2.06. The zero-order valence-corrected chi connectivity index (χ0v) is 12.9. The summed E-state index contributed by atoms with van der Waals surface area (Å²) in [5.41, 5.74) is 0.398. The van der Waals surface area contributed by atoms with Gasteiger partial charge in [-0.1, -0.05) is 6.07 Å². The number of piperazine rings is 1. The third-order valence-corrected chi connectivity index (χ3v) is 3.94. The zero-order chi connectivity index (χ0) is 15.7. The van der Waals surface area contributed by atoms with Gasteiger partial charge in [-0.3, -0.25) is 9.20 Å². The average Bonchev–Trinajstić information content (AvgIpc) is 2.81. The van der Waals surface area contributed by atoms with E-state index < -0.39 is 0 Å². The van der Waals surface area contributed by atoms with Crippen LogP contribution in [0.15, 0.2) is 29.2 Å². The standard InChI is InChI=1S/C15H21N5O2/c1-11-9-18(10-12(2)16-11)14(21)6-8-20-15(22)19-7-4-3-5-13(19)17-20/h3-5,7,11-12,16H,6,8-10H2,1-2H3. The van der Waals surface area contributed by atoms with Crippen LogP contribution in [0.3, 0.4) is 0 Å². The molecule has 1 aliphatic heterocycles. The van der Waals surface area contributed by atoms with Gasteiger partial charge in [0.25, 0.3) is 0 Å². The van der Waals surface area contributed by atoms with Crippen LogP contribution < -0.4 is 11.0 Å². The fraction of sp³-hybridized carbons (Fsp3) is 0.533. The molecule has 2 unspecified atom stereocenters. The molecule has 1 saturated heterocycles. The number of hydrogen-bond donors (Lipinski definition) is 1. The van der Waals surface area contributed by atoms with Crippen LogP contribution in [-0.4, -0.2) is 50.2 Å². The van der Waals surface area contributed by atoms with E-state index in [0.717, 1.165) is 0 Å². The van der Waals surface area contributed by atoms with Gasteiger partial charge in [0.2, 0.25) is 5.91 Å². The van der Waals surface area contributed by atoms with Crippen LogP contribution >= 0.6 is 0 Å². The van der Waals surface area contributed by atoms with Gasteiger partial charge >= 0.3 is 5.69 Å². The SMILES string of the molecule is CC1CN(C(=O)CCn2nc3ccccn3c2=O)CC(C)N1. The molecule has 0 aromatic carbocycles. The summed E-state index contributed by atoms with van der Waals surface area (Å²) in [5.74, 6) is 0.0733. The van der Waals surface area contributed by atoms with Crippen molar-refractivity contribution in [2.75, 3.05) is 13.1 Å². The first kappa shape index (κ1) is 14.8. The lowest BCUT2D eigenvalue weighted by atomic mass is 10.1. The smallest absolute Gasteiger partial charge is 0.340 e. The Bertz CT molecular complexity index is 725. The highest BCUT2D eigenvalue weighted by Gasteiger charge is 2.24. The van der Waals surface area contributed by atoms with Gasteiger partial charge in [0.05, 0.1) is 6.54 Å². The summed E-state index contributed by atoms with van der Waals surface area (Å²) < 4.78 is 2.85. The summed E-state index contributed by atoms with van der Waals surface area (Å²) in [6.07, 6.45) is 1.98. The van der Waals surface area contributed by atoms with Crippen LogP contribution in [-0.2, 0) is 11.3 Å². The number of amides is 1. The molecule has 2 aromatic heterocycles. The third kappa shape index (κ3) is 2.89. The number of nitrogens with one attached hydrogen (secondary N) is 1. The molecule has 2 aromatic rings. The van der Waals surface area contributed by atoms with Crippen molar-refractivity contribution in [2.24, 2.45) is 0 Å². The molecule has 3 rings (SSSR count). The Kier molecular flexibility index (Phi) is 3.98.